The standard InChI is InChI=1S/C14H13FN6O.C9H7NO/c1-7-4-8(2-3-9(7)15)5-17-14(22)12-10-11(18-6-19-12)13(16)21-20-10;1-7(11)9-4-2-8(6-10)3-5-9/h2-4,6H,5H2,1H3,(H,17,22)(H3,16,20,21);2-5H,1H3. The first-order chi connectivity index (χ1) is 15.8. The lowest BCUT2D eigenvalue weighted by molar-refractivity contribution is 0.0946. The number of aryl methyl sites for hydroxylation is 1. The quantitative estimate of drug-likeness (QED) is 0.408. The molecule has 1 amide bonds. The first-order valence-electron chi connectivity index (χ1n) is 9.79. The average Bonchev–Trinajstić information content (AvgIpc) is 3.21. The van der Waals surface area contributed by atoms with Gasteiger partial charge in [0.25, 0.3) is 5.91 Å². The van der Waals surface area contributed by atoms with Crippen LogP contribution in [0.4, 0.5) is 10.2 Å². The highest BCUT2D eigenvalue weighted by atomic mass is 19.1. The molecule has 33 heavy (non-hydrogen) atoms. The van der Waals surface area contributed by atoms with E-state index in [2.05, 4.69) is 25.5 Å². The number of amides is 1. The zero-order valence-electron chi connectivity index (χ0n) is 17.9. The molecule has 0 fully saturated rings. The first-order valence-corrected chi connectivity index (χ1v) is 9.79. The van der Waals surface area contributed by atoms with Crippen molar-refractivity contribution >= 4 is 28.5 Å². The van der Waals surface area contributed by atoms with Gasteiger partial charge in [-0.2, -0.15) is 10.4 Å². The van der Waals surface area contributed by atoms with E-state index in [-0.39, 0.29) is 29.7 Å². The number of nitriles is 1. The summed E-state index contributed by atoms with van der Waals surface area (Å²) >= 11 is 0. The first kappa shape index (κ1) is 23.0. The predicted molar refractivity (Wildman–Crippen MR) is 120 cm³/mol. The maximum absolute atomic E-state index is 13.2. The van der Waals surface area contributed by atoms with E-state index in [0.717, 1.165) is 5.56 Å². The molecular weight excluding hydrogens is 425 g/mol. The molecule has 4 N–H and O–H groups in total. The van der Waals surface area contributed by atoms with Crippen LogP contribution in [0.2, 0.25) is 0 Å². The van der Waals surface area contributed by atoms with E-state index in [9.17, 15) is 14.0 Å². The number of aromatic amines is 1. The molecule has 2 aromatic carbocycles. The van der Waals surface area contributed by atoms with Crippen LogP contribution in [0.1, 0.15) is 44.5 Å². The molecule has 4 rings (SSSR count). The Labute approximate surface area is 188 Å². The molecule has 4 aromatic rings. The van der Waals surface area contributed by atoms with Crippen molar-refractivity contribution in [3.8, 4) is 6.07 Å². The third-order valence-corrected chi connectivity index (χ3v) is 4.69. The van der Waals surface area contributed by atoms with E-state index in [0.29, 0.717) is 27.7 Å². The van der Waals surface area contributed by atoms with E-state index in [1.807, 2.05) is 6.07 Å². The summed E-state index contributed by atoms with van der Waals surface area (Å²) < 4.78 is 13.2. The number of Topliss-reactive ketones (excluding diaryl/α,β-unsaturated/α-hetero) is 1. The third kappa shape index (κ3) is 5.54. The van der Waals surface area contributed by atoms with E-state index in [1.165, 1.54) is 19.3 Å². The molecule has 166 valence electrons. The summed E-state index contributed by atoms with van der Waals surface area (Å²) in [6, 6.07) is 13.2. The number of nitrogen functional groups attached to an aromatic ring is 1. The lowest BCUT2D eigenvalue weighted by atomic mass is 10.1. The minimum atomic E-state index is -0.391. The summed E-state index contributed by atoms with van der Waals surface area (Å²) in [6.07, 6.45) is 1.26. The van der Waals surface area contributed by atoms with Gasteiger partial charge in [0.15, 0.2) is 17.3 Å². The number of halogens is 1. The number of H-pyrrole nitrogens is 1. The molecule has 2 heterocycles. The van der Waals surface area contributed by atoms with E-state index < -0.39 is 5.91 Å². The predicted octanol–water partition coefficient (Wildman–Crippen LogP) is 3.07. The van der Waals surface area contributed by atoms with Gasteiger partial charge < -0.3 is 11.1 Å². The Balaban J connectivity index is 0.000000235. The number of hydrogen-bond acceptors (Lipinski definition) is 7. The van der Waals surface area contributed by atoms with Gasteiger partial charge in [-0.1, -0.05) is 24.3 Å². The van der Waals surface area contributed by atoms with Gasteiger partial charge in [0, 0.05) is 12.1 Å². The minimum absolute atomic E-state index is 0.0227. The number of carbonyl (C=O) groups is 2. The van der Waals surface area contributed by atoms with E-state index >= 15 is 0 Å². The van der Waals surface area contributed by atoms with Crippen LogP contribution in [0.15, 0.2) is 48.8 Å². The van der Waals surface area contributed by atoms with Crippen molar-refractivity contribution in [2.24, 2.45) is 0 Å². The number of nitrogens with two attached hydrogens (primary N) is 1. The molecule has 0 aliphatic carbocycles. The van der Waals surface area contributed by atoms with E-state index in [1.54, 1.807) is 43.3 Å². The molecule has 10 heteroatoms. The number of nitrogens with one attached hydrogen (secondary N) is 2. The smallest absolute Gasteiger partial charge is 0.272 e. The van der Waals surface area contributed by atoms with Gasteiger partial charge in [-0.3, -0.25) is 14.7 Å². The Morgan fingerprint density at radius 1 is 1.18 bits per heavy atom. The molecule has 0 saturated carbocycles. The van der Waals surface area contributed by atoms with Crippen LogP contribution in [-0.2, 0) is 6.54 Å². The normalized spacial score (nSPS) is 10.1. The van der Waals surface area contributed by atoms with Gasteiger partial charge in [0.05, 0.1) is 11.6 Å². The molecule has 0 aliphatic rings. The molecule has 0 atom stereocenters. The van der Waals surface area contributed by atoms with Crippen molar-refractivity contribution in [1.82, 2.24) is 25.5 Å². The Bertz CT molecular complexity index is 1360. The van der Waals surface area contributed by atoms with Gasteiger partial charge in [-0.05, 0) is 43.2 Å². The van der Waals surface area contributed by atoms with Gasteiger partial charge in [-0.15, -0.1) is 0 Å². The molecule has 0 spiro atoms. The minimum Gasteiger partial charge on any atom is -0.380 e. The monoisotopic (exact) mass is 445 g/mol. The summed E-state index contributed by atoms with van der Waals surface area (Å²) in [5.41, 5.74) is 9.12. The van der Waals surface area contributed by atoms with Crippen LogP contribution in [0, 0.1) is 24.1 Å². The number of aromatic nitrogens is 4. The van der Waals surface area contributed by atoms with Crippen molar-refractivity contribution in [1.29, 1.82) is 5.26 Å². The van der Waals surface area contributed by atoms with Gasteiger partial charge >= 0.3 is 0 Å². The molecule has 0 aliphatic heterocycles. The summed E-state index contributed by atoms with van der Waals surface area (Å²) in [4.78, 5) is 30.9. The number of benzene rings is 2. The molecule has 2 aromatic heterocycles. The van der Waals surface area contributed by atoms with Crippen LogP contribution >= 0.6 is 0 Å². The number of fused-ring (bicyclic) bond motifs is 1. The van der Waals surface area contributed by atoms with Crippen LogP contribution in [0.5, 0.6) is 0 Å². The fourth-order valence-electron chi connectivity index (χ4n) is 2.89. The highest BCUT2D eigenvalue weighted by molar-refractivity contribution is 6.04. The zero-order valence-corrected chi connectivity index (χ0v) is 17.9. The molecule has 9 nitrogen and oxygen atoms in total. The second-order valence-corrected chi connectivity index (χ2v) is 7.07. The third-order valence-electron chi connectivity index (χ3n) is 4.69. The van der Waals surface area contributed by atoms with Crippen molar-refractivity contribution in [2.75, 3.05) is 5.73 Å². The molecule has 0 saturated heterocycles. The average molecular weight is 445 g/mol. The highest BCUT2D eigenvalue weighted by Crippen LogP contribution is 2.17. The topological polar surface area (TPSA) is 150 Å². The Hall–Kier alpha value is -4.65. The Kier molecular flexibility index (Phi) is 7.05. The number of carbonyl (C=O) groups excluding carboxylic acids is 2. The SMILES string of the molecule is CC(=O)c1ccc(C#N)cc1.Cc1cc(CNC(=O)c2ncnc3c(N)n[nH]c23)ccc1F. The van der Waals surface area contributed by atoms with Crippen LogP contribution in [0.25, 0.3) is 11.0 Å². The molecule has 0 unspecified atom stereocenters. The van der Waals surface area contributed by atoms with Gasteiger partial charge in [0.2, 0.25) is 0 Å². The Morgan fingerprint density at radius 3 is 2.55 bits per heavy atom. The fraction of sp³-hybridized carbons (Fsp3) is 0.130. The molecular formula is C23H20FN7O2. The summed E-state index contributed by atoms with van der Waals surface area (Å²) in [7, 11) is 0. The van der Waals surface area contributed by atoms with Crippen LogP contribution < -0.4 is 11.1 Å². The molecule has 0 bridgehead atoms. The lowest BCUT2D eigenvalue weighted by Gasteiger charge is -2.06. The lowest BCUT2D eigenvalue weighted by Crippen LogP contribution is -2.24. The van der Waals surface area contributed by atoms with Crippen molar-refractivity contribution in [2.45, 2.75) is 20.4 Å². The second-order valence-electron chi connectivity index (χ2n) is 7.07. The van der Waals surface area contributed by atoms with Crippen LogP contribution in [0.3, 0.4) is 0 Å². The second kappa shape index (κ2) is 10.1. The molecule has 0 radical (unpaired) electrons. The van der Waals surface area contributed by atoms with Crippen molar-refractivity contribution < 1.29 is 14.0 Å². The number of rotatable bonds is 4. The van der Waals surface area contributed by atoms with E-state index in [4.69, 9.17) is 11.0 Å². The number of hydrogen-bond donors (Lipinski definition) is 3. The van der Waals surface area contributed by atoms with Crippen molar-refractivity contribution in [3.05, 3.63) is 82.6 Å². The van der Waals surface area contributed by atoms with Crippen LogP contribution in [-0.4, -0.2) is 31.9 Å². The highest BCUT2D eigenvalue weighted by Gasteiger charge is 2.16. The number of ketones is 1. The summed E-state index contributed by atoms with van der Waals surface area (Å²) in [5.74, 6) is -0.436. The maximum Gasteiger partial charge on any atom is 0.272 e. The van der Waals surface area contributed by atoms with Gasteiger partial charge in [-0.25, -0.2) is 14.4 Å². The Morgan fingerprint density at radius 2 is 1.91 bits per heavy atom. The zero-order chi connectivity index (χ0) is 24.0. The van der Waals surface area contributed by atoms with Crippen molar-refractivity contribution in [3.63, 3.8) is 0 Å². The summed E-state index contributed by atoms with van der Waals surface area (Å²) in [6.45, 7) is 3.43. The maximum atomic E-state index is 13.2. The summed E-state index contributed by atoms with van der Waals surface area (Å²) in [5, 5.41) is 17.6. The number of anilines is 1. The largest absolute Gasteiger partial charge is 0.380 e. The fourth-order valence-corrected chi connectivity index (χ4v) is 2.89. The van der Waals surface area contributed by atoms with Gasteiger partial charge in [0.1, 0.15) is 23.2 Å². The number of nitrogens with zero attached hydrogens (tertiary/aromatic N) is 4.